The third-order valence-electron chi connectivity index (χ3n) is 2.71. The molecule has 0 radical (unpaired) electrons. The molecule has 0 unspecified atom stereocenters. The van der Waals surface area contributed by atoms with Crippen LogP contribution in [0.5, 0.6) is 0 Å². The van der Waals surface area contributed by atoms with Crippen molar-refractivity contribution >= 4 is 18.0 Å². The number of allylic oxidation sites excluding steroid dienone is 3. The van der Waals surface area contributed by atoms with Crippen molar-refractivity contribution in [2.24, 2.45) is 0 Å². The van der Waals surface area contributed by atoms with Crippen LogP contribution in [-0.4, -0.2) is 24.2 Å². The van der Waals surface area contributed by atoms with Crippen LogP contribution in [0.3, 0.4) is 0 Å². The number of hydrogen-bond acceptors (Lipinski definition) is 3. The average Bonchev–Trinajstić information content (AvgIpc) is 2.54. The van der Waals surface area contributed by atoms with E-state index < -0.39 is 5.97 Å². The number of carboxylic acid groups (broad SMARTS) is 1. The number of benzene rings is 1. The first-order valence-electron chi connectivity index (χ1n) is 6.76. The maximum atomic E-state index is 11.0. The zero-order chi connectivity index (χ0) is 17.0. The van der Waals surface area contributed by atoms with Gasteiger partial charge in [-0.1, -0.05) is 54.6 Å². The lowest BCUT2D eigenvalue weighted by molar-refractivity contribution is -0.136. The van der Waals surface area contributed by atoms with Crippen molar-refractivity contribution in [3.05, 3.63) is 65.3 Å². The topological polar surface area (TPSA) is 63.6 Å². The second-order valence-electron chi connectivity index (χ2n) is 4.39. The molecule has 1 N–H and O–H groups in total. The molecular formula is C18H22O4. The van der Waals surface area contributed by atoms with E-state index in [0.717, 1.165) is 5.56 Å². The van der Waals surface area contributed by atoms with E-state index in [4.69, 9.17) is 5.11 Å². The largest absolute Gasteiger partial charge is 0.478 e. The number of hydrogen-bond donors (Lipinski definition) is 1. The fourth-order valence-electron chi connectivity index (χ4n) is 1.22. The van der Waals surface area contributed by atoms with E-state index in [-0.39, 0.29) is 5.97 Å². The second-order valence-corrected chi connectivity index (χ2v) is 4.39. The van der Waals surface area contributed by atoms with Gasteiger partial charge in [0.2, 0.25) is 0 Å². The molecule has 0 aliphatic carbocycles. The molecule has 0 saturated heterocycles. The Morgan fingerprint density at radius 3 is 2.09 bits per heavy atom. The van der Waals surface area contributed by atoms with E-state index in [9.17, 15) is 9.59 Å². The Balaban J connectivity index is 0.000000534. The van der Waals surface area contributed by atoms with Gasteiger partial charge in [0.05, 0.1) is 7.11 Å². The maximum Gasteiger partial charge on any atom is 0.333 e. The van der Waals surface area contributed by atoms with Gasteiger partial charge in [-0.05, 0) is 26.3 Å². The van der Waals surface area contributed by atoms with Crippen molar-refractivity contribution < 1.29 is 19.4 Å². The minimum atomic E-state index is -0.845. The van der Waals surface area contributed by atoms with E-state index in [1.54, 1.807) is 32.9 Å². The molecule has 4 nitrogen and oxygen atoms in total. The SMILES string of the molecule is CC=C(C)C(=O)O.COC(=O)C(C)=CC=Cc1ccccc1. The van der Waals surface area contributed by atoms with Crippen molar-refractivity contribution in [3.63, 3.8) is 0 Å². The number of carbonyl (C=O) groups is 2. The number of ether oxygens (including phenoxy) is 1. The second kappa shape index (κ2) is 11.1. The summed E-state index contributed by atoms with van der Waals surface area (Å²) in [5.74, 6) is -1.14. The molecule has 0 heterocycles. The molecule has 1 rings (SSSR count). The summed E-state index contributed by atoms with van der Waals surface area (Å²) >= 11 is 0. The molecular weight excluding hydrogens is 280 g/mol. The number of carboxylic acids is 1. The standard InChI is InChI=1S/C13H14O2.C5H8O2/c1-11(13(14)15-2)7-6-10-12-8-4-3-5-9-12;1-3-4(2)5(6)7/h3-10H,1-2H3;3H,1-2H3,(H,6,7). The minimum absolute atomic E-state index is 0.298. The fraction of sp³-hybridized carbons (Fsp3) is 0.222. The Morgan fingerprint density at radius 1 is 1.09 bits per heavy atom. The van der Waals surface area contributed by atoms with Crippen LogP contribution in [0.1, 0.15) is 26.3 Å². The molecule has 118 valence electrons. The van der Waals surface area contributed by atoms with Gasteiger partial charge in [0.1, 0.15) is 0 Å². The van der Waals surface area contributed by atoms with Gasteiger partial charge in [-0.15, -0.1) is 0 Å². The van der Waals surface area contributed by atoms with Crippen LogP contribution in [-0.2, 0) is 14.3 Å². The minimum Gasteiger partial charge on any atom is -0.478 e. The molecule has 0 fully saturated rings. The molecule has 0 spiro atoms. The number of carbonyl (C=O) groups excluding carboxylic acids is 1. The molecule has 1 aromatic carbocycles. The fourth-order valence-corrected chi connectivity index (χ4v) is 1.22. The highest BCUT2D eigenvalue weighted by Crippen LogP contribution is 2.02. The zero-order valence-corrected chi connectivity index (χ0v) is 13.4. The highest BCUT2D eigenvalue weighted by molar-refractivity contribution is 5.88. The summed E-state index contributed by atoms with van der Waals surface area (Å²) < 4.78 is 4.57. The summed E-state index contributed by atoms with van der Waals surface area (Å²) in [5.41, 5.74) is 2.08. The maximum absolute atomic E-state index is 11.0. The van der Waals surface area contributed by atoms with Gasteiger partial charge in [-0.25, -0.2) is 9.59 Å². The van der Waals surface area contributed by atoms with Crippen molar-refractivity contribution in [1.82, 2.24) is 0 Å². The third-order valence-corrected chi connectivity index (χ3v) is 2.71. The Kier molecular flexibility index (Phi) is 9.76. The van der Waals surface area contributed by atoms with E-state index >= 15 is 0 Å². The van der Waals surface area contributed by atoms with Gasteiger partial charge in [-0.2, -0.15) is 0 Å². The molecule has 22 heavy (non-hydrogen) atoms. The third kappa shape index (κ3) is 8.53. The van der Waals surface area contributed by atoms with Crippen molar-refractivity contribution in [2.45, 2.75) is 20.8 Å². The summed E-state index contributed by atoms with van der Waals surface area (Å²) in [6.45, 7) is 4.98. The van der Waals surface area contributed by atoms with Gasteiger partial charge >= 0.3 is 11.9 Å². The Bertz CT molecular complexity index is 566. The summed E-state index contributed by atoms with van der Waals surface area (Å²) in [4.78, 5) is 20.9. The predicted octanol–water partition coefficient (Wildman–Crippen LogP) is 3.86. The molecule has 4 heteroatoms. The first-order chi connectivity index (χ1) is 10.4. The number of esters is 1. The van der Waals surface area contributed by atoms with Gasteiger partial charge in [0, 0.05) is 11.1 Å². The van der Waals surface area contributed by atoms with Crippen molar-refractivity contribution in [3.8, 4) is 0 Å². The zero-order valence-electron chi connectivity index (χ0n) is 13.4. The van der Waals surface area contributed by atoms with E-state index in [1.807, 2.05) is 42.5 Å². The lowest BCUT2D eigenvalue weighted by Gasteiger charge is -1.95. The molecule has 0 aliphatic rings. The molecule has 0 aromatic heterocycles. The Morgan fingerprint density at radius 2 is 1.68 bits per heavy atom. The summed E-state index contributed by atoms with van der Waals surface area (Å²) in [6, 6.07) is 9.90. The molecule has 0 atom stereocenters. The van der Waals surface area contributed by atoms with Gasteiger partial charge in [-0.3, -0.25) is 0 Å². The van der Waals surface area contributed by atoms with Crippen LogP contribution in [0, 0.1) is 0 Å². The van der Waals surface area contributed by atoms with Crippen LogP contribution in [0.25, 0.3) is 6.08 Å². The van der Waals surface area contributed by atoms with Crippen LogP contribution in [0.15, 0.2) is 59.7 Å². The monoisotopic (exact) mass is 302 g/mol. The molecule has 0 bridgehead atoms. The Hall–Kier alpha value is -2.62. The molecule has 1 aromatic rings. The van der Waals surface area contributed by atoms with Crippen LogP contribution >= 0.6 is 0 Å². The lowest BCUT2D eigenvalue weighted by Crippen LogP contribution is -2.00. The summed E-state index contributed by atoms with van der Waals surface area (Å²) in [6.07, 6.45) is 7.06. The first kappa shape index (κ1) is 19.4. The average molecular weight is 302 g/mol. The molecule has 0 saturated carbocycles. The lowest BCUT2D eigenvalue weighted by atomic mass is 10.2. The van der Waals surface area contributed by atoms with E-state index in [0.29, 0.717) is 11.1 Å². The quantitative estimate of drug-likeness (QED) is 0.521. The number of aliphatic carboxylic acids is 1. The highest BCUT2D eigenvalue weighted by atomic mass is 16.5. The first-order valence-corrected chi connectivity index (χ1v) is 6.76. The van der Waals surface area contributed by atoms with Crippen molar-refractivity contribution in [1.29, 1.82) is 0 Å². The smallest absolute Gasteiger partial charge is 0.333 e. The van der Waals surface area contributed by atoms with Crippen molar-refractivity contribution in [2.75, 3.05) is 7.11 Å². The van der Waals surface area contributed by atoms with E-state index in [1.165, 1.54) is 7.11 Å². The van der Waals surface area contributed by atoms with Crippen LogP contribution in [0.4, 0.5) is 0 Å². The van der Waals surface area contributed by atoms with E-state index in [2.05, 4.69) is 4.74 Å². The summed E-state index contributed by atoms with van der Waals surface area (Å²) in [5, 5.41) is 8.11. The van der Waals surface area contributed by atoms with Gasteiger partial charge in [0.25, 0.3) is 0 Å². The highest BCUT2D eigenvalue weighted by Gasteiger charge is 1.99. The molecule has 0 aliphatic heterocycles. The number of methoxy groups -OCH3 is 1. The normalized spacial score (nSPS) is 11.6. The van der Waals surface area contributed by atoms with Crippen LogP contribution < -0.4 is 0 Å². The summed E-state index contributed by atoms with van der Waals surface area (Å²) in [7, 11) is 1.38. The Labute approximate surface area is 131 Å². The van der Waals surface area contributed by atoms with Crippen LogP contribution in [0.2, 0.25) is 0 Å². The van der Waals surface area contributed by atoms with Gasteiger partial charge < -0.3 is 9.84 Å². The molecule has 0 amide bonds. The predicted molar refractivity (Wildman–Crippen MR) is 88.3 cm³/mol. The van der Waals surface area contributed by atoms with Gasteiger partial charge in [0.15, 0.2) is 0 Å². The number of rotatable bonds is 4.